The van der Waals surface area contributed by atoms with Crippen molar-refractivity contribution < 1.29 is 15.0 Å². The Bertz CT molecular complexity index is 1840. The summed E-state index contributed by atoms with van der Waals surface area (Å²) in [6.45, 7) is 8.19. The smallest absolute Gasteiger partial charge is 0.203 e. The van der Waals surface area contributed by atoms with Crippen molar-refractivity contribution >= 4 is 39.0 Å². The van der Waals surface area contributed by atoms with E-state index in [9.17, 15) is 20.3 Å². The van der Waals surface area contributed by atoms with Gasteiger partial charge in [-0.2, -0.15) is 5.26 Å². The van der Waals surface area contributed by atoms with E-state index in [1.54, 1.807) is 0 Å². The Labute approximate surface area is 280 Å². The van der Waals surface area contributed by atoms with Gasteiger partial charge < -0.3 is 10.2 Å². The molecule has 238 valence electrons. The number of aromatic nitrogens is 1. The van der Waals surface area contributed by atoms with Crippen LogP contribution in [-0.4, -0.2) is 38.4 Å². The van der Waals surface area contributed by atoms with Gasteiger partial charge >= 0.3 is 0 Å². The van der Waals surface area contributed by atoms with Gasteiger partial charge in [0.15, 0.2) is 0 Å². The number of aryl methyl sites for hydroxylation is 2. The molecule has 1 saturated carbocycles. The van der Waals surface area contributed by atoms with Gasteiger partial charge in [-0.1, -0.05) is 48.9 Å². The molecule has 0 radical (unpaired) electrons. The fraction of sp³-hybridized carbons (Fsp3) is 0.410. The standard InChI is InChI=1S/C39H42N2O3S2/c1-24-8-7-16-38(4)33(15-17-39(38,44)23-45-37-32(22-40)25(2)18-26(3)41-37)30-14-12-27(19-29(42)13-11-24)20-31(30)36(43)35-21-28-9-5-6-10-34(28)46-35/h5-6,8-10,12,14,18,20-21,29,33,42,44H,7,11,13,15-17,19,23H2,1-4H3/t29-,33-,38-,39+/m0/s1. The zero-order valence-electron chi connectivity index (χ0n) is 27.1. The Balaban J connectivity index is 1.43. The van der Waals surface area contributed by atoms with E-state index in [4.69, 9.17) is 4.98 Å². The molecule has 0 amide bonds. The Kier molecular flexibility index (Phi) is 9.29. The molecule has 0 aliphatic heterocycles. The molecular weight excluding hydrogens is 609 g/mol. The molecule has 1 fully saturated rings. The summed E-state index contributed by atoms with van der Waals surface area (Å²) in [4.78, 5) is 19.8. The number of carbonyl (C=O) groups is 1. The molecule has 0 spiro atoms. The summed E-state index contributed by atoms with van der Waals surface area (Å²) in [5, 5.41) is 35.2. The van der Waals surface area contributed by atoms with Crippen LogP contribution in [0, 0.1) is 30.6 Å². The summed E-state index contributed by atoms with van der Waals surface area (Å²) in [6.07, 6.45) is 6.62. The number of aliphatic hydroxyl groups excluding tert-OH is 1. The molecule has 2 N–H and O–H groups in total. The minimum Gasteiger partial charge on any atom is -0.393 e. The lowest BCUT2D eigenvalue weighted by atomic mass is 9.65. The van der Waals surface area contributed by atoms with Crippen molar-refractivity contribution in [3.05, 3.63) is 105 Å². The molecular formula is C39H42N2O3S2. The second-order valence-corrected chi connectivity index (χ2v) is 15.6. The van der Waals surface area contributed by atoms with E-state index in [2.05, 4.69) is 38.1 Å². The van der Waals surface area contributed by atoms with Crippen LogP contribution >= 0.6 is 23.1 Å². The van der Waals surface area contributed by atoms with Crippen molar-refractivity contribution in [1.29, 1.82) is 5.26 Å². The number of fused-ring (bicyclic) bond motifs is 9. The van der Waals surface area contributed by atoms with E-state index >= 15 is 0 Å². The highest BCUT2D eigenvalue weighted by atomic mass is 32.2. The van der Waals surface area contributed by atoms with Gasteiger partial charge in [0.25, 0.3) is 0 Å². The minimum atomic E-state index is -1.04. The molecule has 2 bridgehead atoms. The van der Waals surface area contributed by atoms with E-state index in [1.807, 2.05) is 56.3 Å². The van der Waals surface area contributed by atoms with Gasteiger partial charge in [0.2, 0.25) is 5.78 Å². The third kappa shape index (κ3) is 6.21. The SMILES string of the molecule is CC1=CCC[C@@]2(C)[C@@H](CC[C@@]2(O)CSc2nc(C)cc(C)c2C#N)c2ccc(cc2C(=O)c2cc3ccccc3s2)C[C@@H](O)CC1. The Morgan fingerprint density at radius 3 is 2.70 bits per heavy atom. The third-order valence-electron chi connectivity index (χ3n) is 10.4. The van der Waals surface area contributed by atoms with Crippen LogP contribution in [0.25, 0.3) is 10.1 Å². The molecule has 4 aromatic rings. The zero-order chi connectivity index (χ0) is 32.6. The first-order chi connectivity index (χ1) is 22.0. The summed E-state index contributed by atoms with van der Waals surface area (Å²) in [6, 6.07) is 20.5. The molecule has 2 aromatic carbocycles. The number of aliphatic hydroxyl groups is 2. The predicted molar refractivity (Wildman–Crippen MR) is 188 cm³/mol. The van der Waals surface area contributed by atoms with Gasteiger partial charge in [0, 0.05) is 27.1 Å². The Morgan fingerprint density at radius 1 is 1.11 bits per heavy atom. The summed E-state index contributed by atoms with van der Waals surface area (Å²) in [5.74, 6) is 0.363. The van der Waals surface area contributed by atoms with E-state index in [1.165, 1.54) is 28.7 Å². The third-order valence-corrected chi connectivity index (χ3v) is 12.7. The number of pyridine rings is 1. The number of benzene rings is 2. The maximum atomic E-state index is 14.4. The van der Waals surface area contributed by atoms with Crippen molar-refractivity contribution in [3.8, 4) is 6.07 Å². The number of carbonyl (C=O) groups excluding carboxylic acids is 1. The minimum absolute atomic E-state index is 0.000590. The summed E-state index contributed by atoms with van der Waals surface area (Å²) >= 11 is 2.99. The Morgan fingerprint density at radius 2 is 1.91 bits per heavy atom. The van der Waals surface area contributed by atoms with Crippen molar-refractivity contribution in [2.45, 2.75) is 95.3 Å². The number of nitriles is 1. The predicted octanol–water partition coefficient (Wildman–Crippen LogP) is 8.85. The number of thiophene rings is 1. The fourth-order valence-electron chi connectivity index (χ4n) is 7.63. The monoisotopic (exact) mass is 650 g/mol. The first kappa shape index (κ1) is 32.7. The normalized spacial score (nSPS) is 25.1. The molecule has 2 heterocycles. The zero-order valence-corrected chi connectivity index (χ0v) is 28.7. The number of allylic oxidation sites excluding steroid dienone is 2. The number of nitrogens with zero attached hydrogens (tertiary/aromatic N) is 2. The molecule has 0 saturated heterocycles. The van der Waals surface area contributed by atoms with Crippen LogP contribution in [0.3, 0.4) is 0 Å². The van der Waals surface area contributed by atoms with Crippen molar-refractivity contribution in [2.24, 2.45) is 5.41 Å². The largest absolute Gasteiger partial charge is 0.393 e. The lowest BCUT2D eigenvalue weighted by Crippen LogP contribution is -2.46. The van der Waals surface area contributed by atoms with Gasteiger partial charge in [-0.3, -0.25) is 4.79 Å². The van der Waals surface area contributed by atoms with Crippen LogP contribution in [-0.2, 0) is 6.42 Å². The number of ketones is 1. The van der Waals surface area contributed by atoms with Crippen LogP contribution < -0.4 is 0 Å². The van der Waals surface area contributed by atoms with Crippen molar-refractivity contribution in [2.75, 3.05) is 5.75 Å². The maximum absolute atomic E-state index is 14.4. The molecule has 7 rings (SSSR count). The molecule has 5 nitrogen and oxygen atoms in total. The van der Waals surface area contributed by atoms with Gasteiger partial charge in [-0.25, -0.2) is 4.98 Å². The van der Waals surface area contributed by atoms with Crippen LogP contribution in [0.5, 0.6) is 0 Å². The lowest BCUT2D eigenvalue weighted by molar-refractivity contribution is -0.0422. The molecule has 7 heteroatoms. The second kappa shape index (κ2) is 13.1. The summed E-state index contributed by atoms with van der Waals surface area (Å²) in [7, 11) is 0. The maximum Gasteiger partial charge on any atom is 0.203 e. The van der Waals surface area contributed by atoms with Crippen LogP contribution in [0.4, 0.5) is 0 Å². The van der Waals surface area contributed by atoms with E-state index in [-0.39, 0.29) is 11.7 Å². The van der Waals surface area contributed by atoms with Crippen LogP contribution in [0.2, 0.25) is 0 Å². The number of hydrogen-bond donors (Lipinski definition) is 2. The molecule has 2 aromatic heterocycles. The molecule has 3 aliphatic rings. The highest BCUT2D eigenvalue weighted by molar-refractivity contribution is 7.99. The topological polar surface area (TPSA) is 94.2 Å². The first-order valence-electron chi connectivity index (χ1n) is 16.2. The first-order valence-corrected chi connectivity index (χ1v) is 18.0. The molecule has 4 atom stereocenters. The molecule has 3 aliphatic carbocycles. The van der Waals surface area contributed by atoms with E-state index in [0.717, 1.165) is 58.2 Å². The summed E-state index contributed by atoms with van der Waals surface area (Å²) < 4.78 is 1.08. The van der Waals surface area contributed by atoms with Gasteiger partial charge in [-0.05, 0) is 118 Å². The highest BCUT2D eigenvalue weighted by Gasteiger charge is 2.56. The van der Waals surface area contributed by atoms with E-state index in [0.29, 0.717) is 46.0 Å². The van der Waals surface area contributed by atoms with Gasteiger partial charge in [-0.15, -0.1) is 23.1 Å². The van der Waals surface area contributed by atoms with Gasteiger partial charge in [0.1, 0.15) is 11.1 Å². The fourth-order valence-corrected chi connectivity index (χ4v) is 10.1. The number of rotatable bonds is 5. The van der Waals surface area contributed by atoms with Gasteiger partial charge in [0.05, 0.1) is 22.1 Å². The van der Waals surface area contributed by atoms with E-state index < -0.39 is 17.1 Å². The second-order valence-electron chi connectivity index (χ2n) is 13.6. The average molecular weight is 651 g/mol. The Hall–Kier alpha value is -3.28. The average Bonchev–Trinajstić information content (AvgIpc) is 3.57. The van der Waals surface area contributed by atoms with Crippen molar-refractivity contribution in [3.63, 3.8) is 0 Å². The number of hydrogen-bond acceptors (Lipinski definition) is 7. The highest BCUT2D eigenvalue weighted by Crippen LogP contribution is 2.59. The van der Waals surface area contributed by atoms with Crippen LogP contribution in [0.1, 0.15) is 101 Å². The summed E-state index contributed by atoms with van der Waals surface area (Å²) in [5.41, 5.74) is 4.60. The number of thioether (sulfide) groups is 1. The molecule has 0 unspecified atom stereocenters. The lowest BCUT2D eigenvalue weighted by Gasteiger charge is -2.44. The van der Waals surface area contributed by atoms with Crippen molar-refractivity contribution in [1.82, 2.24) is 4.98 Å². The molecule has 46 heavy (non-hydrogen) atoms. The quantitative estimate of drug-likeness (QED) is 0.127. The van der Waals surface area contributed by atoms with Crippen LogP contribution in [0.15, 0.2) is 71.3 Å².